The van der Waals surface area contributed by atoms with Gasteiger partial charge < -0.3 is 5.73 Å². The van der Waals surface area contributed by atoms with Crippen LogP contribution in [0.3, 0.4) is 0 Å². The molecule has 0 aliphatic carbocycles. The van der Waals surface area contributed by atoms with Gasteiger partial charge in [0, 0.05) is 5.75 Å². The highest BCUT2D eigenvalue weighted by atomic mass is 127. The first kappa shape index (κ1) is 11.8. The smallest absolute Gasteiger partial charge is 0.189 e. The summed E-state index contributed by atoms with van der Waals surface area (Å²) in [6.07, 6.45) is 1.13. The Bertz CT molecular complexity index is 283. The Morgan fingerprint density at radius 3 is 2.31 bits per heavy atom. The van der Waals surface area contributed by atoms with E-state index in [1.165, 1.54) is 0 Å². The minimum absolute atomic E-state index is 0.682. The molecule has 2 N–H and O–H groups in total. The highest BCUT2D eigenvalue weighted by molar-refractivity contribution is 14.1. The fourth-order valence-electron chi connectivity index (χ4n) is 0.656. The predicted octanol–water partition coefficient (Wildman–Crippen LogP) is 2.77. The summed E-state index contributed by atoms with van der Waals surface area (Å²) in [5.41, 5.74) is 6.41. The fraction of sp³-hybridized carbons (Fsp3) is 0.429. The van der Waals surface area contributed by atoms with E-state index in [4.69, 9.17) is 5.73 Å². The average molecular weight is 421 g/mol. The van der Waals surface area contributed by atoms with Gasteiger partial charge in [-0.2, -0.15) is 0 Å². The Balaban J connectivity index is 2.86. The summed E-state index contributed by atoms with van der Waals surface area (Å²) in [4.78, 5) is 8.56. The van der Waals surface area contributed by atoms with Gasteiger partial charge >= 0.3 is 0 Å². The number of nitrogens with zero attached hydrogens (tertiary/aromatic N) is 2. The van der Waals surface area contributed by atoms with Gasteiger partial charge in [0.2, 0.25) is 0 Å². The van der Waals surface area contributed by atoms with Crippen molar-refractivity contribution in [3.63, 3.8) is 0 Å². The highest BCUT2D eigenvalue weighted by Gasteiger charge is 2.06. The van der Waals surface area contributed by atoms with Crippen LogP contribution in [0.4, 0.5) is 5.69 Å². The Morgan fingerprint density at radius 2 is 1.85 bits per heavy atom. The summed E-state index contributed by atoms with van der Waals surface area (Å²) >= 11 is 5.94. The number of nitrogen functional groups attached to an aromatic ring is 1. The third-order valence-electron chi connectivity index (χ3n) is 1.27. The Kier molecular flexibility index (Phi) is 5.01. The van der Waals surface area contributed by atoms with Crippen LogP contribution in [0, 0.1) is 7.40 Å². The van der Waals surface area contributed by atoms with Crippen molar-refractivity contribution in [3.05, 3.63) is 7.40 Å². The minimum Gasteiger partial charge on any atom is -0.394 e. The van der Waals surface area contributed by atoms with E-state index in [-0.39, 0.29) is 0 Å². The molecule has 0 atom stereocenters. The second-order valence-corrected chi connectivity index (χ2v) is 5.46. The first-order chi connectivity index (χ1) is 6.15. The maximum atomic E-state index is 5.73. The van der Waals surface area contributed by atoms with Crippen molar-refractivity contribution in [3.8, 4) is 0 Å². The van der Waals surface area contributed by atoms with Crippen LogP contribution in [0.1, 0.15) is 13.3 Å². The zero-order valence-corrected chi connectivity index (χ0v) is 12.2. The van der Waals surface area contributed by atoms with Gasteiger partial charge in [-0.25, -0.2) is 9.97 Å². The van der Waals surface area contributed by atoms with Crippen molar-refractivity contribution in [2.75, 3.05) is 11.5 Å². The molecule has 1 aromatic heterocycles. The van der Waals surface area contributed by atoms with Gasteiger partial charge in [0.05, 0.1) is 5.69 Å². The molecular weight excluding hydrogens is 412 g/mol. The molecule has 0 aromatic carbocycles. The van der Waals surface area contributed by atoms with E-state index >= 15 is 0 Å². The molecule has 3 nitrogen and oxygen atoms in total. The van der Waals surface area contributed by atoms with Gasteiger partial charge in [-0.05, 0) is 51.6 Å². The van der Waals surface area contributed by atoms with Gasteiger partial charge in [-0.15, -0.1) is 0 Å². The van der Waals surface area contributed by atoms with Crippen LogP contribution in [0.2, 0.25) is 0 Å². The van der Waals surface area contributed by atoms with Crippen LogP contribution >= 0.6 is 56.9 Å². The maximum absolute atomic E-state index is 5.73. The third kappa shape index (κ3) is 3.39. The molecule has 0 saturated carbocycles. The number of hydrogen-bond donors (Lipinski definition) is 1. The zero-order chi connectivity index (χ0) is 9.84. The van der Waals surface area contributed by atoms with Crippen molar-refractivity contribution < 1.29 is 0 Å². The first-order valence-electron chi connectivity index (χ1n) is 3.76. The molecule has 0 saturated heterocycles. The summed E-state index contributed by atoms with van der Waals surface area (Å²) in [6.45, 7) is 2.14. The van der Waals surface area contributed by atoms with E-state index in [9.17, 15) is 0 Å². The topological polar surface area (TPSA) is 51.8 Å². The SMILES string of the molecule is CCCSc1nc(I)c(N)c(I)n1. The zero-order valence-electron chi connectivity index (χ0n) is 7.05. The number of hydrogen-bond acceptors (Lipinski definition) is 4. The number of halogens is 2. The predicted molar refractivity (Wildman–Crippen MR) is 72.9 cm³/mol. The number of rotatable bonds is 3. The van der Waals surface area contributed by atoms with E-state index in [1.54, 1.807) is 11.8 Å². The molecular formula is C7H9I2N3S. The lowest BCUT2D eigenvalue weighted by atomic mass is 10.6. The van der Waals surface area contributed by atoms with Crippen molar-refractivity contribution in [2.45, 2.75) is 18.5 Å². The Labute approximate surface area is 109 Å². The lowest BCUT2D eigenvalue weighted by molar-refractivity contribution is 0.928. The van der Waals surface area contributed by atoms with Gasteiger partial charge in [-0.3, -0.25) is 0 Å². The molecule has 0 fully saturated rings. The fourth-order valence-corrected chi connectivity index (χ4v) is 3.17. The van der Waals surface area contributed by atoms with E-state index in [0.717, 1.165) is 24.7 Å². The molecule has 6 heteroatoms. The van der Waals surface area contributed by atoms with Crippen LogP contribution in [-0.2, 0) is 0 Å². The van der Waals surface area contributed by atoms with Crippen LogP contribution in [0.5, 0.6) is 0 Å². The molecule has 13 heavy (non-hydrogen) atoms. The molecule has 72 valence electrons. The maximum Gasteiger partial charge on any atom is 0.189 e. The highest BCUT2D eigenvalue weighted by Crippen LogP contribution is 2.22. The monoisotopic (exact) mass is 421 g/mol. The van der Waals surface area contributed by atoms with Gasteiger partial charge in [0.1, 0.15) is 7.40 Å². The lowest BCUT2D eigenvalue weighted by Crippen LogP contribution is -2.01. The van der Waals surface area contributed by atoms with Crippen LogP contribution in [-0.4, -0.2) is 15.7 Å². The second-order valence-electron chi connectivity index (χ2n) is 2.35. The average Bonchev–Trinajstić information content (AvgIpc) is 2.10. The summed E-state index contributed by atoms with van der Waals surface area (Å²) < 4.78 is 1.69. The van der Waals surface area contributed by atoms with Gasteiger partial charge in [0.25, 0.3) is 0 Å². The molecule has 0 aliphatic heterocycles. The molecule has 1 aromatic rings. The van der Waals surface area contributed by atoms with Crippen LogP contribution in [0.25, 0.3) is 0 Å². The largest absolute Gasteiger partial charge is 0.394 e. The summed E-state index contributed by atoms with van der Waals surface area (Å²) in [5.74, 6) is 1.05. The third-order valence-corrected chi connectivity index (χ3v) is 3.97. The van der Waals surface area contributed by atoms with Gasteiger partial charge in [-0.1, -0.05) is 18.7 Å². The molecule has 0 aliphatic rings. The normalized spacial score (nSPS) is 10.4. The second kappa shape index (κ2) is 5.54. The van der Waals surface area contributed by atoms with E-state index < -0.39 is 0 Å². The summed E-state index contributed by atoms with van der Waals surface area (Å²) in [7, 11) is 0. The molecule has 0 bridgehead atoms. The minimum atomic E-state index is 0.682. The quantitative estimate of drug-likeness (QED) is 0.353. The standard InChI is InChI=1S/C7H9I2N3S/c1-2-3-13-7-11-5(8)4(10)6(9)12-7/h2-3,10H2,1H3. The van der Waals surface area contributed by atoms with Crippen molar-refractivity contribution in [2.24, 2.45) is 0 Å². The summed E-state index contributed by atoms with van der Waals surface area (Å²) in [6, 6.07) is 0. The van der Waals surface area contributed by atoms with E-state index in [0.29, 0.717) is 5.69 Å². The van der Waals surface area contributed by atoms with Crippen molar-refractivity contribution in [1.82, 2.24) is 9.97 Å². The van der Waals surface area contributed by atoms with Crippen LogP contribution in [0.15, 0.2) is 5.16 Å². The lowest BCUT2D eigenvalue weighted by Gasteiger charge is -2.03. The number of anilines is 1. The number of thioether (sulfide) groups is 1. The summed E-state index contributed by atoms with van der Waals surface area (Å²) in [5, 5.41) is 0.824. The molecule has 1 rings (SSSR count). The Morgan fingerprint density at radius 1 is 1.31 bits per heavy atom. The number of aromatic nitrogens is 2. The van der Waals surface area contributed by atoms with Crippen molar-refractivity contribution in [1.29, 1.82) is 0 Å². The van der Waals surface area contributed by atoms with Crippen LogP contribution < -0.4 is 5.73 Å². The molecule has 0 unspecified atom stereocenters. The van der Waals surface area contributed by atoms with E-state index in [1.807, 2.05) is 0 Å². The first-order valence-corrected chi connectivity index (χ1v) is 6.90. The molecule has 0 radical (unpaired) electrons. The molecule has 0 spiro atoms. The van der Waals surface area contributed by atoms with Gasteiger partial charge in [0.15, 0.2) is 5.16 Å². The Hall–Kier alpha value is 0.690. The molecule has 1 heterocycles. The number of nitrogens with two attached hydrogens (primary N) is 1. The molecule has 0 amide bonds. The van der Waals surface area contributed by atoms with Crippen molar-refractivity contribution >= 4 is 62.6 Å². The van der Waals surface area contributed by atoms with E-state index in [2.05, 4.69) is 62.1 Å².